The quantitative estimate of drug-likeness (QED) is 0.931. The molecule has 2 amide bonds. The summed E-state index contributed by atoms with van der Waals surface area (Å²) in [7, 11) is 0. The molecule has 3 rings (SSSR count). The molecule has 0 spiro atoms. The standard InChI is InChI=1S/C16H19FN4OS/c1-16(2)7-4-8-21(16)15(22)18-14-20-19-13(23-14)10-11-5-3-6-12(17)9-11/h3,5-6,9H,4,7-8,10H2,1-2H3,(H,18,20,22). The molecule has 0 saturated carbocycles. The Morgan fingerprint density at radius 1 is 1.43 bits per heavy atom. The topological polar surface area (TPSA) is 58.1 Å². The average Bonchev–Trinajstić information content (AvgIpc) is 3.04. The Kier molecular flexibility index (Phi) is 4.30. The highest BCUT2D eigenvalue weighted by Crippen LogP contribution is 2.29. The highest BCUT2D eigenvalue weighted by molar-refractivity contribution is 7.15. The summed E-state index contributed by atoms with van der Waals surface area (Å²) < 4.78 is 13.2. The lowest BCUT2D eigenvalue weighted by molar-refractivity contribution is 0.178. The van der Waals surface area contributed by atoms with E-state index in [0.717, 1.165) is 30.0 Å². The van der Waals surface area contributed by atoms with E-state index in [4.69, 9.17) is 0 Å². The van der Waals surface area contributed by atoms with Crippen molar-refractivity contribution in [3.05, 3.63) is 40.7 Å². The third kappa shape index (κ3) is 3.67. The lowest BCUT2D eigenvalue weighted by atomic mass is 10.0. The van der Waals surface area contributed by atoms with Crippen LogP contribution in [0.25, 0.3) is 0 Å². The van der Waals surface area contributed by atoms with Crippen molar-refractivity contribution in [1.82, 2.24) is 15.1 Å². The molecule has 1 saturated heterocycles. The normalized spacial score (nSPS) is 16.6. The van der Waals surface area contributed by atoms with Crippen LogP contribution in [0.5, 0.6) is 0 Å². The summed E-state index contributed by atoms with van der Waals surface area (Å²) in [4.78, 5) is 14.2. The molecule has 0 atom stereocenters. The monoisotopic (exact) mass is 334 g/mol. The molecule has 0 radical (unpaired) electrons. The smallest absolute Gasteiger partial charge is 0.319 e. The van der Waals surface area contributed by atoms with Gasteiger partial charge in [-0.05, 0) is 44.4 Å². The van der Waals surface area contributed by atoms with E-state index in [1.807, 2.05) is 11.0 Å². The van der Waals surface area contributed by atoms with Crippen molar-refractivity contribution in [2.45, 2.75) is 38.6 Å². The summed E-state index contributed by atoms with van der Waals surface area (Å²) in [5, 5.41) is 12.1. The summed E-state index contributed by atoms with van der Waals surface area (Å²) in [5.74, 6) is -0.267. The minimum Gasteiger partial charge on any atom is -0.319 e. The van der Waals surface area contributed by atoms with E-state index in [1.54, 1.807) is 6.07 Å². The number of halogens is 1. The molecule has 122 valence electrons. The first-order valence-electron chi connectivity index (χ1n) is 7.59. The summed E-state index contributed by atoms with van der Waals surface area (Å²) >= 11 is 1.32. The van der Waals surface area contributed by atoms with Crippen LogP contribution < -0.4 is 5.32 Å². The third-order valence-electron chi connectivity index (χ3n) is 4.07. The van der Waals surface area contributed by atoms with E-state index in [9.17, 15) is 9.18 Å². The lowest BCUT2D eigenvalue weighted by Crippen LogP contribution is -2.44. The van der Waals surface area contributed by atoms with Crippen molar-refractivity contribution in [1.29, 1.82) is 0 Å². The van der Waals surface area contributed by atoms with Crippen LogP contribution in [0, 0.1) is 5.82 Å². The zero-order valence-corrected chi connectivity index (χ0v) is 14.0. The van der Waals surface area contributed by atoms with Crippen LogP contribution in [-0.4, -0.2) is 33.2 Å². The van der Waals surface area contributed by atoms with Gasteiger partial charge in [0.15, 0.2) is 0 Å². The fraction of sp³-hybridized carbons (Fsp3) is 0.438. The first kappa shape index (κ1) is 15.9. The van der Waals surface area contributed by atoms with E-state index >= 15 is 0 Å². The van der Waals surface area contributed by atoms with E-state index in [2.05, 4.69) is 29.4 Å². The molecule has 7 heteroatoms. The summed E-state index contributed by atoms with van der Waals surface area (Å²) in [6, 6.07) is 6.26. The van der Waals surface area contributed by atoms with Gasteiger partial charge in [-0.15, -0.1) is 10.2 Å². The summed E-state index contributed by atoms with van der Waals surface area (Å²) in [6.45, 7) is 4.89. The average molecular weight is 334 g/mol. The second-order valence-electron chi connectivity index (χ2n) is 6.31. The SMILES string of the molecule is CC1(C)CCCN1C(=O)Nc1nnc(Cc2cccc(F)c2)s1. The maximum atomic E-state index is 13.2. The Morgan fingerprint density at radius 3 is 2.96 bits per heavy atom. The number of anilines is 1. The summed E-state index contributed by atoms with van der Waals surface area (Å²) in [6.07, 6.45) is 2.52. The van der Waals surface area contributed by atoms with Gasteiger partial charge in [-0.25, -0.2) is 9.18 Å². The Hall–Kier alpha value is -2.02. The molecule has 1 aromatic carbocycles. The molecule has 0 bridgehead atoms. The molecule has 1 aliphatic heterocycles. The molecular weight excluding hydrogens is 315 g/mol. The second-order valence-corrected chi connectivity index (χ2v) is 7.37. The Balaban J connectivity index is 1.64. The van der Waals surface area contributed by atoms with Crippen LogP contribution in [0.1, 0.15) is 37.3 Å². The van der Waals surface area contributed by atoms with Crippen molar-refractivity contribution in [2.24, 2.45) is 0 Å². The minimum atomic E-state index is -0.267. The number of nitrogens with one attached hydrogen (secondary N) is 1. The van der Waals surface area contributed by atoms with Crippen LogP contribution in [-0.2, 0) is 6.42 Å². The maximum Gasteiger partial charge on any atom is 0.324 e. The number of nitrogens with zero attached hydrogens (tertiary/aromatic N) is 3. The number of aromatic nitrogens is 2. The van der Waals surface area contributed by atoms with E-state index in [0.29, 0.717) is 11.6 Å². The van der Waals surface area contributed by atoms with Crippen molar-refractivity contribution < 1.29 is 9.18 Å². The van der Waals surface area contributed by atoms with Gasteiger partial charge < -0.3 is 4.90 Å². The van der Waals surface area contributed by atoms with Gasteiger partial charge in [-0.3, -0.25) is 5.32 Å². The highest BCUT2D eigenvalue weighted by Gasteiger charge is 2.35. The fourth-order valence-electron chi connectivity index (χ4n) is 2.84. The third-order valence-corrected chi connectivity index (χ3v) is 4.91. The van der Waals surface area contributed by atoms with E-state index in [1.165, 1.54) is 23.5 Å². The Bertz CT molecular complexity index is 716. The van der Waals surface area contributed by atoms with E-state index in [-0.39, 0.29) is 17.4 Å². The number of carbonyl (C=O) groups excluding carboxylic acids is 1. The van der Waals surface area contributed by atoms with E-state index < -0.39 is 0 Å². The van der Waals surface area contributed by atoms with Gasteiger partial charge in [-0.1, -0.05) is 23.5 Å². The Labute approximate surface area is 138 Å². The number of amides is 2. The van der Waals surface area contributed by atoms with Crippen molar-refractivity contribution in [2.75, 3.05) is 11.9 Å². The number of hydrogen-bond acceptors (Lipinski definition) is 4. The van der Waals surface area contributed by atoms with Crippen LogP contribution in [0.3, 0.4) is 0 Å². The largest absolute Gasteiger partial charge is 0.324 e. The molecule has 1 aromatic heterocycles. The number of likely N-dealkylation sites (tertiary alicyclic amines) is 1. The lowest BCUT2D eigenvalue weighted by Gasteiger charge is -2.31. The van der Waals surface area contributed by atoms with Gasteiger partial charge in [-0.2, -0.15) is 0 Å². The summed E-state index contributed by atoms with van der Waals surface area (Å²) in [5.41, 5.74) is 0.707. The number of carbonyl (C=O) groups is 1. The predicted molar refractivity (Wildman–Crippen MR) is 88.2 cm³/mol. The number of benzene rings is 1. The molecule has 1 fully saturated rings. The number of urea groups is 1. The number of rotatable bonds is 3. The van der Waals surface area contributed by atoms with Crippen LogP contribution in [0.4, 0.5) is 14.3 Å². The van der Waals surface area contributed by atoms with Gasteiger partial charge in [0.1, 0.15) is 10.8 Å². The molecular formula is C16H19FN4OS. The molecule has 1 N–H and O–H groups in total. The first-order valence-corrected chi connectivity index (χ1v) is 8.41. The fourth-order valence-corrected chi connectivity index (χ4v) is 3.60. The van der Waals surface area contributed by atoms with Crippen molar-refractivity contribution in [3.8, 4) is 0 Å². The molecule has 2 aromatic rings. The molecule has 1 aliphatic rings. The number of hydrogen-bond donors (Lipinski definition) is 1. The molecule has 0 aliphatic carbocycles. The molecule has 5 nitrogen and oxygen atoms in total. The second kappa shape index (κ2) is 6.23. The zero-order chi connectivity index (χ0) is 16.4. The Morgan fingerprint density at radius 2 is 2.26 bits per heavy atom. The van der Waals surface area contributed by atoms with Gasteiger partial charge in [0.05, 0.1) is 0 Å². The molecule has 23 heavy (non-hydrogen) atoms. The van der Waals surface area contributed by atoms with Crippen LogP contribution in [0.15, 0.2) is 24.3 Å². The molecule has 2 heterocycles. The van der Waals surface area contributed by atoms with Crippen LogP contribution in [0.2, 0.25) is 0 Å². The first-order chi connectivity index (χ1) is 10.9. The van der Waals surface area contributed by atoms with Gasteiger partial charge in [0.2, 0.25) is 5.13 Å². The molecule has 0 unspecified atom stereocenters. The van der Waals surface area contributed by atoms with Gasteiger partial charge in [0, 0.05) is 18.5 Å². The predicted octanol–water partition coefficient (Wildman–Crippen LogP) is 3.67. The zero-order valence-electron chi connectivity index (χ0n) is 13.2. The van der Waals surface area contributed by atoms with Crippen molar-refractivity contribution in [3.63, 3.8) is 0 Å². The van der Waals surface area contributed by atoms with Gasteiger partial charge in [0.25, 0.3) is 0 Å². The van der Waals surface area contributed by atoms with Crippen molar-refractivity contribution >= 4 is 22.5 Å². The highest BCUT2D eigenvalue weighted by atomic mass is 32.1. The minimum absolute atomic E-state index is 0.126. The van der Waals surface area contributed by atoms with Gasteiger partial charge >= 0.3 is 6.03 Å². The maximum absolute atomic E-state index is 13.2. The van der Waals surface area contributed by atoms with Crippen LogP contribution >= 0.6 is 11.3 Å².